The van der Waals surface area contributed by atoms with E-state index in [-0.39, 0.29) is 4.90 Å². The van der Waals surface area contributed by atoms with Crippen LogP contribution in [0, 0.1) is 0 Å². The average Bonchev–Trinajstić information content (AvgIpc) is 2.13. The summed E-state index contributed by atoms with van der Waals surface area (Å²) in [4.78, 5) is 12.5. The number of nitrogen functional groups attached to an aromatic ring is 1. The van der Waals surface area contributed by atoms with Gasteiger partial charge in [-0.15, -0.1) is 0 Å². The fraction of sp³-hybridized carbons (Fsp3) is 0.125. The molecule has 80 valence electrons. The molecule has 1 aromatic rings. The molecule has 3 N–H and O–H groups in total. The molecule has 2 rings (SSSR count). The average molecular weight is 227 g/mol. The molecule has 6 nitrogen and oxygen atoms in total. The molecular weight excluding hydrogens is 218 g/mol. The van der Waals surface area contributed by atoms with Gasteiger partial charge in [0.1, 0.15) is 4.90 Å². The van der Waals surface area contributed by atoms with Gasteiger partial charge in [-0.2, -0.15) is 0 Å². The number of sulfonamides is 1. The number of hydrogen-bond donors (Lipinski definition) is 2. The van der Waals surface area contributed by atoms with E-state index in [1.54, 1.807) is 0 Å². The van der Waals surface area contributed by atoms with Crippen molar-refractivity contribution in [1.82, 2.24) is 4.72 Å². The minimum absolute atomic E-state index is 0.0544. The molecule has 1 aliphatic heterocycles. The summed E-state index contributed by atoms with van der Waals surface area (Å²) in [5.74, 6) is 0. The fourth-order valence-electron chi connectivity index (χ4n) is 1.37. The molecule has 0 bridgehead atoms. The Labute approximate surface area is 86.7 Å². The highest BCUT2D eigenvalue weighted by Gasteiger charge is 2.31. The molecule has 0 fully saturated rings. The molecule has 0 aliphatic carbocycles. The van der Waals surface area contributed by atoms with Crippen molar-refractivity contribution in [2.45, 2.75) is 4.90 Å². The Hall–Kier alpha value is -1.76. The zero-order chi connectivity index (χ0) is 11.2. The van der Waals surface area contributed by atoms with Crippen LogP contribution in [0.25, 0.3) is 0 Å². The first-order valence-electron chi connectivity index (χ1n) is 4.12. The van der Waals surface area contributed by atoms with Gasteiger partial charge >= 0.3 is 6.03 Å². The van der Waals surface area contributed by atoms with Crippen molar-refractivity contribution in [2.75, 3.05) is 17.7 Å². The molecule has 0 unspecified atom stereocenters. The summed E-state index contributed by atoms with van der Waals surface area (Å²) < 4.78 is 25.0. The van der Waals surface area contributed by atoms with E-state index in [0.717, 1.165) is 0 Å². The van der Waals surface area contributed by atoms with Crippen LogP contribution in [0.3, 0.4) is 0 Å². The van der Waals surface area contributed by atoms with E-state index in [9.17, 15) is 13.2 Å². The third-order valence-electron chi connectivity index (χ3n) is 2.16. The van der Waals surface area contributed by atoms with Crippen LogP contribution in [0.1, 0.15) is 0 Å². The number of benzene rings is 1. The second kappa shape index (κ2) is 2.86. The van der Waals surface area contributed by atoms with Gasteiger partial charge < -0.3 is 5.73 Å². The largest absolute Gasteiger partial charge is 0.399 e. The number of urea groups is 1. The third kappa shape index (κ3) is 1.40. The fourth-order valence-corrected chi connectivity index (χ4v) is 2.57. The summed E-state index contributed by atoms with van der Waals surface area (Å²) in [6.07, 6.45) is 0. The first kappa shape index (κ1) is 9.78. The van der Waals surface area contributed by atoms with Gasteiger partial charge in [-0.05, 0) is 18.2 Å². The minimum atomic E-state index is -3.74. The van der Waals surface area contributed by atoms with Gasteiger partial charge in [-0.3, -0.25) is 4.90 Å². The summed E-state index contributed by atoms with van der Waals surface area (Å²) in [7, 11) is -2.26. The Kier molecular flexibility index (Phi) is 1.87. The zero-order valence-electron chi connectivity index (χ0n) is 7.89. The molecule has 1 aromatic carbocycles. The van der Waals surface area contributed by atoms with E-state index in [1.807, 2.05) is 4.72 Å². The van der Waals surface area contributed by atoms with Crippen LogP contribution < -0.4 is 15.4 Å². The minimum Gasteiger partial charge on any atom is -0.399 e. The number of hydrogen-bond acceptors (Lipinski definition) is 4. The molecule has 0 radical (unpaired) electrons. The normalized spacial score (nSPS) is 18.2. The summed E-state index contributed by atoms with van der Waals surface area (Å²) in [5.41, 5.74) is 6.22. The molecule has 2 amide bonds. The van der Waals surface area contributed by atoms with Crippen molar-refractivity contribution in [1.29, 1.82) is 0 Å². The predicted octanol–water partition coefficient (Wildman–Crippen LogP) is 0.117. The number of carbonyl (C=O) groups excluding carboxylic acids is 1. The topological polar surface area (TPSA) is 92.5 Å². The Balaban J connectivity index is 2.75. The number of fused-ring (bicyclic) bond motifs is 1. The van der Waals surface area contributed by atoms with Crippen molar-refractivity contribution in [3.63, 3.8) is 0 Å². The number of anilines is 2. The number of nitrogens with two attached hydrogens (primary N) is 1. The highest BCUT2D eigenvalue weighted by atomic mass is 32.2. The maximum absolute atomic E-state index is 11.5. The molecule has 1 heterocycles. The number of amides is 2. The smallest absolute Gasteiger partial charge is 0.335 e. The molecule has 15 heavy (non-hydrogen) atoms. The first-order chi connectivity index (χ1) is 6.92. The Bertz CT molecular complexity index is 538. The number of nitrogens with one attached hydrogen (secondary N) is 1. The SMILES string of the molecule is CN1C(=O)NS(=O)(=O)c2ccc(N)cc21. The van der Waals surface area contributed by atoms with E-state index < -0.39 is 16.1 Å². The van der Waals surface area contributed by atoms with Gasteiger partial charge in [0.15, 0.2) is 0 Å². The second-order valence-corrected chi connectivity index (χ2v) is 4.85. The van der Waals surface area contributed by atoms with Crippen LogP contribution in [0.15, 0.2) is 23.1 Å². The van der Waals surface area contributed by atoms with E-state index >= 15 is 0 Å². The quantitative estimate of drug-likeness (QED) is 0.615. The van der Waals surface area contributed by atoms with Crippen LogP contribution in [0.5, 0.6) is 0 Å². The highest BCUT2D eigenvalue weighted by Crippen LogP contribution is 2.29. The summed E-state index contributed by atoms with van der Waals surface area (Å²) in [5, 5.41) is 0. The molecule has 1 aliphatic rings. The molecule has 0 saturated heterocycles. The first-order valence-corrected chi connectivity index (χ1v) is 5.60. The van der Waals surface area contributed by atoms with Crippen molar-refractivity contribution < 1.29 is 13.2 Å². The molecule has 0 saturated carbocycles. The lowest BCUT2D eigenvalue weighted by atomic mass is 10.2. The molecule has 0 atom stereocenters. The maximum atomic E-state index is 11.5. The Morgan fingerprint density at radius 2 is 2.07 bits per heavy atom. The van der Waals surface area contributed by atoms with E-state index in [0.29, 0.717) is 11.4 Å². The van der Waals surface area contributed by atoms with E-state index in [4.69, 9.17) is 5.73 Å². The number of carbonyl (C=O) groups is 1. The lowest BCUT2D eigenvalue weighted by Crippen LogP contribution is -2.45. The van der Waals surface area contributed by atoms with Gasteiger partial charge in [0.25, 0.3) is 10.0 Å². The lowest BCUT2D eigenvalue weighted by Gasteiger charge is -2.26. The van der Waals surface area contributed by atoms with Crippen molar-refractivity contribution >= 4 is 27.4 Å². The van der Waals surface area contributed by atoms with Crippen LogP contribution in [-0.4, -0.2) is 21.5 Å². The zero-order valence-corrected chi connectivity index (χ0v) is 8.71. The highest BCUT2D eigenvalue weighted by molar-refractivity contribution is 7.90. The summed E-state index contributed by atoms with van der Waals surface area (Å²) in [6, 6.07) is 3.61. The van der Waals surface area contributed by atoms with Crippen LogP contribution in [0.4, 0.5) is 16.2 Å². The molecule has 7 heteroatoms. The van der Waals surface area contributed by atoms with Crippen LogP contribution in [-0.2, 0) is 10.0 Å². The second-order valence-electron chi connectivity index (χ2n) is 3.20. The monoisotopic (exact) mass is 227 g/mol. The molecule has 0 spiro atoms. The van der Waals surface area contributed by atoms with Crippen LogP contribution >= 0.6 is 0 Å². The summed E-state index contributed by atoms with van der Waals surface area (Å²) in [6.45, 7) is 0. The van der Waals surface area contributed by atoms with Crippen molar-refractivity contribution in [2.24, 2.45) is 0 Å². The predicted molar refractivity (Wildman–Crippen MR) is 55.0 cm³/mol. The van der Waals surface area contributed by atoms with E-state index in [2.05, 4.69) is 0 Å². The Morgan fingerprint density at radius 3 is 2.73 bits per heavy atom. The van der Waals surface area contributed by atoms with Gasteiger partial charge in [-0.25, -0.2) is 17.9 Å². The van der Waals surface area contributed by atoms with Gasteiger partial charge in [0, 0.05) is 12.7 Å². The number of rotatable bonds is 0. The standard InChI is InChI=1S/C8H9N3O3S/c1-11-6-4-5(9)2-3-7(6)15(13,14)10-8(11)12/h2-4H,9H2,1H3,(H,10,12). The maximum Gasteiger partial charge on any atom is 0.335 e. The third-order valence-corrected chi connectivity index (χ3v) is 3.53. The Morgan fingerprint density at radius 1 is 1.40 bits per heavy atom. The van der Waals surface area contributed by atoms with Gasteiger partial charge in [-0.1, -0.05) is 0 Å². The van der Waals surface area contributed by atoms with Gasteiger partial charge in [0.05, 0.1) is 5.69 Å². The van der Waals surface area contributed by atoms with Crippen LogP contribution in [0.2, 0.25) is 0 Å². The van der Waals surface area contributed by atoms with Crippen molar-refractivity contribution in [3.05, 3.63) is 18.2 Å². The van der Waals surface area contributed by atoms with Gasteiger partial charge in [0.2, 0.25) is 0 Å². The van der Waals surface area contributed by atoms with Crippen molar-refractivity contribution in [3.8, 4) is 0 Å². The number of nitrogens with zero attached hydrogens (tertiary/aromatic N) is 1. The van der Waals surface area contributed by atoms with E-state index in [1.165, 1.54) is 30.1 Å². The lowest BCUT2D eigenvalue weighted by molar-refractivity contribution is 0.251. The summed E-state index contributed by atoms with van der Waals surface area (Å²) >= 11 is 0. The molecular formula is C8H9N3O3S. The molecule has 0 aromatic heterocycles.